The lowest BCUT2D eigenvalue weighted by molar-refractivity contribution is -0.129. The van der Waals surface area contributed by atoms with E-state index in [4.69, 9.17) is 10.5 Å². The van der Waals surface area contributed by atoms with Gasteiger partial charge in [-0.2, -0.15) is 0 Å². The van der Waals surface area contributed by atoms with Crippen molar-refractivity contribution >= 4 is 5.91 Å². The smallest absolute Gasteiger partial charge is 0.227 e. The molecule has 1 rings (SSSR count). The molecule has 106 valence electrons. The SMILES string of the molecule is CCC(C)(CN)C(=O)NCCc1cccc(OC)c1. The van der Waals surface area contributed by atoms with Gasteiger partial charge in [0, 0.05) is 13.1 Å². The van der Waals surface area contributed by atoms with E-state index in [1.165, 1.54) is 0 Å². The van der Waals surface area contributed by atoms with E-state index in [9.17, 15) is 4.79 Å². The third-order valence-corrected chi connectivity index (χ3v) is 3.61. The minimum atomic E-state index is -0.464. The molecule has 4 nitrogen and oxygen atoms in total. The largest absolute Gasteiger partial charge is 0.497 e. The van der Waals surface area contributed by atoms with Crippen molar-refractivity contribution in [1.29, 1.82) is 0 Å². The van der Waals surface area contributed by atoms with Crippen LogP contribution in [0.1, 0.15) is 25.8 Å². The Morgan fingerprint density at radius 2 is 2.21 bits per heavy atom. The predicted octanol–water partition coefficient (Wildman–Crippen LogP) is 1.73. The molecule has 1 amide bonds. The summed E-state index contributed by atoms with van der Waals surface area (Å²) in [4.78, 5) is 12.0. The lowest BCUT2D eigenvalue weighted by Gasteiger charge is -2.24. The van der Waals surface area contributed by atoms with Gasteiger partial charge in [0.1, 0.15) is 5.75 Å². The molecule has 0 heterocycles. The summed E-state index contributed by atoms with van der Waals surface area (Å²) >= 11 is 0. The molecule has 0 radical (unpaired) electrons. The molecule has 0 saturated carbocycles. The second-order valence-corrected chi connectivity index (χ2v) is 4.98. The van der Waals surface area contributed by atoms with Gasteiger partial charge in [0.05, 0.1) is 12.5 Å². The lowest BCUT2D eigenvalue weighted by atomic mass is 9.86. The molecule has 1 atom stereocenters. The van der Waals surface area contributed by atoms with E-state index < -0.39 is 5.41 Å². The molecule has 0 aliphatic heterocycles. The van der Waals surface area contributed by atoms with Gasteiger partial charge < -0.3 is 15.8 Å². The van der Waals surface area contributed by atoms with Crippen LogP contribution >= 0.6 is 0 Å². The number of benzene rings is 1. The van der Waals surface area contributed by atoms with Crippen LogP contribution in [0.25, 0.3) is 0 Å². The average molecular weight is 264 g/mol. The highest BCUT2D eigenvalue weighted by Crippen LogP contribution is 2.19. The first-order valence-corrected chi connectivity index (χ1v) is 6.67. The van der Waals surface area contributed by atoms with Crippen molar-refractivity contribution in [2.45, 2.75) is 26.7 Å². The summed E-state index contributed by atoms with van der Waals surface area (Å²) in [6.07, 6.45) is 1.53. The van der Waals surface area contributed by atoms with Crippen molar-refractivity contribution in [1.82, 2.24) is 5.32 Å². The summed E-state index contributed by atoms with van der Waals surface area (Å²) in [6.45, 7) is 4.86. The third-order valence-electron chi connectivity index (χ3n) is 3.61. The summed E-state index contributed by atoms with van der Waals surface area (Å²) in [5.74, 6) is 0.865. The minimum absolute atomic E-state index is 0.0281. The normalized spacial score (nSPS) is 13.7. The topological polar surface area (TPSA) is 64.4 Å². The first-order chi connectivity index (χ1) is 9.05. The Balaban J connectivity index is 2.47. The standard InChI is InChI=1S/C15H24N2O2/c1-4-15(2,11-16)14(18)17-9-8-12-6-5-7-13(10-12)19-3/h5-7,10H,4,8-9,11,16H2,1-3H3,(H,17,18). The highest BCUT2D eigenvalue weighted by molar-refractivity contribution is 5.82. The van der Waals surface area contributed by atoms with E-state index in [2.05, 4.69) is 5.32 Å². The summed E-state index contributed by atoms with van der Waals surface area (Å²) in [5, 5.41) is 2.95. The number of nitrogens with two attached hydrogens (primary N) is 1. The Hall–Kier alpha value is -1.55. The van der Waals surface area contributed by atoms with E-state index >= 15 is 0 Å². The molecule has 1 aromatic rings. The predicted molar refractivity (Wildman–Crippen MR) is 77.2 cm³/mol. The molecule has 0 aliphatic rings. The van der Waals surface area contributed by atoms with Crippen LogP contribution in [0.4, 0.5) is 0 Å². The number of hydrogen-bond acceptors (Lipinski definition) is 3. The van der Waals surface area contributed by atoms with Crippen molar-refractivity contribution in [3.05, 3.63) is 29.8 Å². The van der Waals surface area contributed by atoms with Crippen LogP contribution in [0.3, 0.4) is 0 Å². The van der Waals surface area contributed by atoms with Crippen molar-refractivity contribution in [3.8, 4) is 5.75 Å². The van der Waals surface area contributed by atoms with Gasteiger partial charge >= 0.3 is 0 Å². The molecule has 0 fully saturated rings. The fourth-order valence-corrected chi connectivity index (χ4v) is 1.76. The maximum Gasteiger partial charge on any atom is 0.227 e. The van der Waals surface area contributed by atoms with E-state index in [0.29, 0.717) is 13.1 Å². The Morgan fingerprint density at radius 3 is 2.79 bits per heavy atom. The lowest BCUT2D eigenvalue weighted by Crippen LogP contribution is -2.44. The zero-order valence-electron chi connectivity index (χ0n) is 12.0. The molecule has 19 heavy (non-hydrogen) atoms. The number of hydrogen-bond donors (Lipinski definition) is 2. The van der Waals surface area contributed by atoms with Gasteiger partial charge in [-0.15, -0.1) is 0 Å². The molecule has 1 aromatic carbocycles. The van der Waals surface area contributed by atoms with Crippen molar-refractivity contribution in [2.24, 2.45) is 11.1 Å². The third kappa shape index (κ3) is 4.24. The highest BCUT2D eigenvalue weighted by Gasteiger charge is 2.28. The van der Waals surface area contributed by atoms with Gasteiger partial charge in [0.2, 0.25) is 5.91 Å². The molecular formula is C15H24N2O2. The maximum atomic E-state index is 12.0. The van der Waals surface area contributed by atoms with E-state index in [1.54, 1.807) is 7.11 Å². The highest BCUT2D eigenvalue weighted by atomic mass is 16.5. The molecule has 0 spiro atoms. The van der Waals surface area contributed by atoms with E-state index in [0.717, 1.165) is 24.2 Å². The first kappa shape index (κ1) is 15.5. The molecule has 0 bridgehead atoms. The minimum Gasteiger partial charge on any atom is -0.497 e. The fraction of sp³-hybridized carbons (Fsp3) is 0.533. The van der Waals surface area contributed by atoms with Gasteiger partial charge in [-0.3, -0.25) is 4.79 Å². The van der Waals surface area contributed by atoms with Crippen LogP contribution in [0, 0.1) is 5.41 Å². The summed E-state index contributed by atoms with van der Waals surface area (Å²) in [5.41, 5.74) is 6.34. The van der Waals surface area contributed by atoms with Crippen LogP contribution in [-0.4, -0.2) is 26.1 Å². The summed E-state index contributed by atoms with van der Waals surface area (Å²) in [7, 11) is 1.65. The zero-order valence-corrected chi connectivity index (χ0v) is 12.0. The monoisotopic (exact) mass is 264 g/mol. The Labute approximate surface area is 115 Å². The number of nitrogens with one attached hydrogen (secondary N) is 1. The Morgan fingerprint density at radius 1 is 1.47 bits per heavy atom. The number of carbonyl (C=O) groups is 1. The quantitative estimate of drug-likeness (QED) is 0.788. The van der Waals surface area contributed by atoms with Crippen LogP contribution in [0.5, 0.6) is 5.75 Å². The molecule has 1 unspecified atom stereocenters. The van der Waals surface area contributed by atoms with E-state index in [-0.39, 0.29) is 5.91 Å². The fourth-order valence-electron chi connectivity index (χ4n) is 1.76. The van der Waals surface area contributed by atoms with Gasteiger partial charge in [-0.1, -0.05) is 19.1 Å². The van der Waals surface area contributed by atoms with Crippen LogP contribution in [0.15, 0.2) is 24.3 Å². The second-order valence-electron chi connectivity index (χ2n) is 4.98. The molecule has 3 N–H and O–H groups in total. The molecule has 0 aromatic heterocycles. The number of carbonyl (C=O) groups excluding carboxylic acids is 1. The van der Waals surface area contributed by atoms with Crippen LogP contribution in [0.2, 0.25) is 0 Å². The van der Waals surface area contributed by atoms with Crippen LogP contribution in [-0.2, 0) is 11.2 Å². The Kier molecular flexibility index (Phi) is 5.83. The zero-order chi connectivity index (χ0) is 14.3. The summed E-state index contributed by atoms with van der Waals surface area (Å²) in [6, 6.07) is 7.86. The van der Waals surface area contributed by atoms with Gasteiger partial charge in [-0.05, 0) is 37.5 Å². The Bertz CT molecular complexity index is 414. The number of rotatable bonds is 7. The van der Waals surface area contributed by atoms with Gasteiger partial charge in [0.25, 0.3) is 0 Å². The van der Waals surface area contributed by atoms with Crippen molar-refractivity contribution in [3.63, 3.8) is 0 Å². The number of methoxy groups -OCH3 is 1. The summed E-state index contributed by atoms with van der Waals surface area (Å²) < 4.78 is 5.17. The van der Waals surface area contributed by atoms with Crippen molar-refractivity contribution in [2.75, 3.05) is 20.2 Å². The molecule has 0 aliphatic carbocycles. The maximum absolute atomic E-state index is 12.0. The second kappa shape index (κ2) is 7.14. The number of ether oxygens (including phenoxy) is 1. The molecule has 4 heteroatoms. The number of amides is 1. The average Bonchev–Trinajstić information content (AvgIpc) is 2.46. The van der Waals surface area contributed by atoms with E-state index in [1.807, 2.05) is 38.1 Å². The van der Waals surface area contributed by atoms with Crippen molar-refractivity contribution < 1.29 is 9.53 Å². The van der Waals surface area contributed by atoms with Crippen LogP contribution < -0.4 is 15.8 Å². The van der Waals surface area contributed by atoms with Gasteiger partial charge in [-0.25, -0.2) is 0 Å². The van der Waals surface area contributed by atoms with Gasteiger partial charge in [0.15, 0.2) is 0 Å². The molecule has 0 saturated heterocycles. The molecular weight excluding hydrogens is 240 g/mol. The first-order valence-electron chi connectivity index (χ1n) is 6.67.